The Morgan fingerprint density at radius 2 is 2.16 bits per heavy atom. The maximum Gasteiger partial charge on any atom is 0.258 e. The molecule has 0 aliphatic carbocycles. The zero-order valence-electron chi connectivity index (χ0n) is 11.5. The van der Waals surface area contributed by atoms with Crippen LogP contribution >= 0.6 is 0 Å². The molecule has 1 unspecified atom stereocenters. The lowest BCUT2D eigenvalue weighted by molar-refractivity contribution is 0.0891. The number of carbonyl (C=O) groups excluding carboxylic acids is 1. The second-order valence-corrected chi connectivity index (χ2v) is 5.45. The van der Waals surface area contributed by atoms with Gasteiger partial charge in [0.2, 0.25) is 0 Å². The molecule has 1 aromatic carbocycles. The molecule has 0 heterocycles. The molecule has 19 heavy (non-hydrogen) atoms. The summed E-state index contributed by atoms with van der Waals surface area (Å²) >= 11 is 0. The molecule has 0 radical (unpaired) electrons. The van der Waals surface area contributed by atoms with Crippen LogP contribution in [-0.4, -0.2) is 23.1 Å². The van der Waals surface area contributed by atoms with Gasteiger partial charge in [-0.05, 0) is 31.4 Å². The lowest BCUT2D eigenvalue weighted by Gasteiger charge is -2.31. The van der Waals surface area contributed by atoms with Gasteiger partial charge in [0.05, 0.1) is 0 Å². The molecule has 1 amide bonds. The Morgan fingerprint density at radius 3 is 2.63 bits per heavy atom. The smallest absolute Gasteiger partial charge is 0.258 e. The summed E-state index contributed by atoms with van der Waals surface area (Å²) in [7, 11) is 0. The van der Waals surface area contributed by atoms with Gasteiger partial charge in [0.25, 0.3) is 5.91 Å². The number of nitrogens with two attached hydrogens (primary N) is 1. The summed E-state index contributed by atoms with van der Waals surface area (Å²) in [5.41, 5.74) is 4.72. The highest BCUT2D eigenvalue weighted by atomic mass is 19.1. The highest BCUT2D eigenvalue weighted by molar-refractivity contribution is 5.97. The van der Waals surface area contributed by atoms with Crippen LogP contribution in [-0.2, 0) is 0 Å². The summed E-state index contributed by atoms with van der Waals surface area (Å²) in [4.78, 5) is 12.1. The summed E-state index contributed by atoms with van der Waals surface area (Å²) in [6, 6.07) is 3.76. The first kappa shape index (κ1) is 15.4. The number of carbonyl (C=O) groups is 1. The van der Waals surface area contributed by atoms with E-state index in [0.717, 1.165) is 6.07 Å². The predicted octanol–water partition coefficient (Wildman–Crippen LogP) is 2.02. The first-order chi connectivity index (χ1) is 8.79. The van der Waals surface area contributed by atoms with Crippen LogP contribution in [0.5, 0.6) is 5.75 Å². The monoisotopic (exact) mass is 268 g/mol. The van der Waals surface area contributed by atoms with Crippen molar-refractivity contribution in [1.29, 1.82) is 0 Å². The molecule has 0 saturated carbocycles. The molecule has 5 heteroatoms. The van der Waals surface area contributed by atoms with E-state index >= 15 is 0 Å². The quantitative estimate of drug-likeness (QED) is 0.764. The first-order valence-corrected chi connectivity index (χ1v) is 6.29. The third-order valence-corrected chi connectivity index (χ3v) is 2.94. The van der Waals surface area contributed by atoms with E-state index in [1.807, 2.05) is 20.8 Å². The van der Waals surface area contributed by atoms with Gasteiger partial charge in [-0.25, -0.2) is 4.39 Å². The van der Waals surface area contributed by atoms with Gasteiger partial charge in [0.15, 0.2) is 0 Å². The molecule has 0 aromatic heterocycles. The van der Waals surface area contributed by atoms with Crippen molar-refractivity contribution in [2.24, 2.45) is 11.7 Å². The Morgan fingerprint density at radius 1 is 1.53 bits per heavy atom. The fourth-order valence-electron chi connectivity index (χ4n) is 2.16. The molecule has 0 saturated heterocycles. The average Bonchev–Trinajstić information content (AvgIpc) is 2.27. The zero-order valence-corrected chi connectivity index (χ0v) is 11.5. The topological polar surface area (TPSA) is 75.3 Å². The van der Waals surface area contributed by atoms with Crippen LogP contribution < -0.4 is 11.1 Å². The van der Waals surface area contributed by atoms with Crippen molar-refractivity contribution in [1.82, 2.24) is 5.32 Å². The maximum absolute atomic E-state index is 13.6. The predicted molar refractivity (Wildman–Crippen MR) is 72.4 cm³/mol. The Balaban J connectivity index is 2.95. The van der Waals surface area contributed by atoms with Crippen molar-refractivity contribution < 1.29 is 14.3 Å². The second kappa shape index (κ2) is 6.02. The Hall–Kier alpha value is -1.62. The number of hydrogen-bond donors (Lipinski definition) is 3. The van der Waals surface area contributed by atoms with E-state index in [1.54, 1.807) is 0 Å². The largest absolute Gasteiger partial charge is 0.507 e. The lowest BCUT2D eigenvalue weighted by atomic mass is 9.90. The number of phenolic OH excluding ortho intramolecular Hbond substituents is 1. The molecule has 1 aromatic rings. The van der Waals surface area contributed by atoms with Crippen LogP contribution in [0.1, 0.15) is 37.6 Å². The fourth-order valence-corrected chi connectivity index (χ4v) is 2.16. The highest BCUT2D eigenvalue weighted by Gasteiger charge is 2.28. The van der Waals surface area contributed by atoms with Crippen molar-refractivity contribution in [2.45, 2.75) is 32.7 Å². The minimum Gasteiger partial charge on any atom is -0.507 e. The van der Waals surface area contributed by atoms with E-state index in [2.05, 4.69) is 5.32 Å². The molecule has 1 rings (SSSR count). The van der Waals surface area contributed by atoms with Crippen molar-refractivity contribution in [3.8, 4) is 5.75 Å². The number of halogens is 1. The van der Waals surface area contributed by atoms with Gasteiger partial charge < -0.3 is 16.2 Å². The van der Waals surface area contributed by atoms with Gasteiger partial charge >= 0.3 is 0 Å². The molecule has 4 nitrogen and oxygen atoms in total. The van der Waals surface area contributed by atoms with Crippen molar-refractivity contribution in [2.75, 3.05) is 6.54 Å². The standard InChI is InChI=1S/C14H21FN2O2/c1-9(2)7-14(3,8-16)17-13(19)12-10(15)5-4-6-11(12)18/h4-6,9,18H,7-8,16H2,1-3H3,(H,17,19). The van der Waals surface area contributed by atoms with Gasteiger partial charge in [-0.2, -0.15) is 0 Å². The summed E-state index contributed by atoms with van der Waals surface area (Å²) in [6.07, 6.45) is 0.671. The number of phenols is 1. The molecular weight excluding hydrogens is 247 g/mol. The number of rotatable bonds is 5. The average molecular weight is 268 g/mol. The van der Waals surface area contributed by atoms with Crippen LogP contribution in [0.15, 0.2) is 18.2 Å². The van der Waals surface area contributed by atoms with E-state index in [0.29, 0.717) is 12.3 Å². The van der Waals surface area contributed by atoms with Crippen LogP contribution in [0.2, 0.25) is 0 Å². The minimum atomic E-state index is -0.749. The van der Waals surface area contributed by atoms with Gasteiger partial charge in [0.1, 0.15) is 17.1 Å². The van der Waals surface area contributed by atoms with E-state index in [1.165, 1.54) is 12.1 Å². The number of hydrogen-bond acceptors (Lipinski definition) is 3. The third kappa shape index (κ3) is 3.92. The highest BCUT2D eigenvalue weighted by Crippen LogP contribution is 2.22. The number of amides is 1. The van der Waals surface area contributed by atoms with Crippen molar-refractivity contribution >= 4 is 5.91 Å². The molecule has 0 spiro atoms. The normalized spacial score (nSPS) is 14.2. The van der Waals surface area contributed by atoms with E-state index in [-0.39, 0.29) is 17.9 Å². The van der Waals surface area contributed by atoms with Gasteiger partial charge in [-0.3, -0.25) is 4.79 Å². The Labute approximate surface area is 112 Å². The number of benzene rings is 1. The van der Waals surface area contributed by atoms with Gasteiger partial charge in [-0.15, -0.1) is 0 Å². The molecule has 1 atom stereocenters. The first-order valence-electron chi connectivity index (χ1n) is 6.29. The Kier molecular flexibility index (Phi) is 4.89. The second-order valence-electron chi connectivity index (χ2n) is 5.45. The van der Waals surface area contributed by atoms with Crippen molar-refractivity contribution in [3.63, 3.8) is 0 Å². The van der Waals surface area contributed by atoms with E-state index in [9.17, 15) is 14.3 Å². The summed E-state index contributed by atoms with van der Waals surface area (Å²) in [5, 5.41) is 12.3. The van der Waals surface area contributed by atoms with Crippen LogP contribution in [0.25, 0.3) is 0 Å². The molecule has 0 aliphatic heterocycles. The lowest BCUT2D eigenvalue weighted by Crippen LogP contribution is -2.52. The minimum absolute atomic E-state index is 0.242. The van der Waals surface area contributed by atoms with Crippen molar-refractivity contribution in [3.05, 3.63) is 29.6 Å². The summed E-state index contributed by atoms with van der Waals surface area (Å²) < 4.78 is 13.6. The molecule has 106 valence electrons. The van der Waals surface area contributed by atoms with E-state index in [4.69, 9.17) is 5.73 Å². The maximum atomic E-state index is 13.6. The number of nitrogens with one attached hydrogen (secondary N) is 1. The van der Waals surface area contributed by atoms with Gasteiger partial charge in [-0.1, -0.05) is 19.9 Å². The molecule has 4 N–H and O–H groups in total. The third-order valence-electron chi connectivity index (χ3n) is 2.94. The summed E-state index contributed by atoms with van der Waals surface area (Å²) in [6.45, 7) is 6.08. The van der Waals surface area contributed by atoms with E-state index < -0.39 is 17.3 Å². The fraction of sp³-hybridized carbons (Fsp3) is 0.500. The molecule has 0 bridgehead atoms. The Bertz CT molecular complexity index is 443. The number of aromatic hydroxyl groups is 1. The van der Waals surface area contributed by atoms with Crippen LogP contribution in [0.3, 0.4) is 0 Å². The van der Waals surface area contributed by atoms with Gasteiger partial charge in [0, 0.05) is 12.1 Å². The SMILES string of the molecule is CC(C)CC(C)(CN)NC(=O)c1c(O)cccc1F. The molecular formula is C14H21FN2O2. The zero-order chi connectivity index (χ0) is 14.6. The molecule has 0 fully saturated rings. The molecule has 0 aliphatic rings. The van der Waals surface area contributed by atoms with Crippen LogP contribution in [0.4, 0.5) is 4.39 Å². The summed E-state index contributed by atoms with van der Waals surface area (Å²) in [5.74, 6) is -1.44. The van der Waals surface area contributed by atoms with Crippen LogP contribution in [0, 0.1) is 11.7 Å².